The highest BCUT2D eigenvalue weighted by atomic mass is 28.3. The summed E-state index contributed by atoms with van der Waals surface area (Å²) in [5.74, 6) is -0.510. The van der Waals surface area contributed by atoms with Gasteiger partial charge in [0.15, 0.2) is 0 Å². The second-order valence-electron chi connectivity index (χ2n) is 30.7. The fraction of sp³-hybridized carbons (Fsp3) is 0.225. The van der Waals surface area contributed by atoms with Crippen molar-refractivity contribution in [3.05, 3.63) is 244 Å². The number of aromatic nitrogens is 3. The van der Waals surface area contributed by atoms with Crippen LogP contribution in [0.3, 0.4) is 0 Å². The summed E-state index contributed by atoms with van der Waals surface area (Å²) in [6.45, 7) is 38.5. The molecule has 0 aliphatic carbocycles. The van der Waals surface area contributed by atoms with Crippen LogP contribution in [0.4, 0.5) is 8.78 Å². The Bertz CT molecular complexity index is 6080. The number of hydrogen-bond donors (Lipinski definition) is 0. The molecule has 502 valence electrons. The minimum Gasteiger partial charge on any atom is -0.455 e. The molecule has 10 aromatic carbocycles. The van der Waals surface area contributed by atoms with Crippen LogP contribution in [0.5, 0.6) is 0 Å². The lowest BCUT2D eigenvalue weighted by atomic mass is 9.95. The van der Waals surface area contributed by atoms with Crippen molar-refractivity contribution in [2.24, 2.45) is 21.1 Å². The first-order chi connectivity index (χ1) is 47.4. The van der Waals surface area contributed by atoms with Crippen LogP contribution in [0.1, 0.15) is 50.1 Å². The Labute approximate surface area is 588 Å². The number of aryl methyl sites for hydroxylation is 10. The number of benzene rings is 10. The van der Waals surface area contributed by atoms with E-state index in [0.29, 0.717) is 16.7 Å². The largest absolute Gasteiger partial charge is 0.455 e. The van der Waals surface area contributed by atoms with Gasteiger partial charge in [0.25, 0.3) is 0 Å². The van der Waals surface area contributed by atoms with Crippen LogP contribution in [0.25, 0.3) is 132 Å². The van der Waals surface area contributed by atoms with Gasteiger partial charge in [0, 0.05) is 95.5 Å². The average molecular weight is 1370 g/mol. The van der Waals surface area contributed by atoms with E-state index in [1.165, 1.54) is 132 Å². The second kappa shape index (κ2) is 24.9. The fourth-order valence-electron chi connectivity index (χ4n) is 15.8. The van der Waals surface area contributed by atoms with Gasteiger partial charge >= 0.3 is 0 Å². The van der Waals surface area contributed by atoms with Gasteiger partial charge in [-0.05, 0) is 166 Å². The Hall–Kier alpha value is -9.66. The molecule has 16 rings (SSSR count). The maximum atomic E-state index is 14.4. The minimum absolute atomic E-state index is 0.232. The van der Waals surface area contributed by atoms with Crippen molar-refractivity contribution in [3.8, 4) is 33.8 Å². The van der Waals surface area contributed by atoms with E-state index >= 15 is 0 Å². The lowest BCUT2D eigenvalue weighted by Crippen LogP contribution is -2.54. The van der Waals surface area contributed by atoms with E-state index in [0.717, 1.165) is 66.4 Å². The smallest absolute Gasteiger partial charge is 0.216 e. The summed E-state index contributed by atoms with van der Waals surface area (Å²) in [6.07, 6.45) is 0. The molecular weight excluding hydrogens is 1280 g/mol. The Kier molecular flexibility index (Phi) is 16.8. The van der Waals surface area contributed by atoms with Crippen LogP contribution in [-0.4, -0.2) is 24.2 Å². The average Bonchev–Trinajstić information content (AvgIpc) is 1.63. The zero-order chi connectivity index (χ0) is 71.1. The highest BCUT2D eigenvalue weighted by molar-refractivity contribution is 7.01. The molecule has 6 nitrogen and oxygen atoms in total. The van der Waals surface area contributed by atoms with Crippen LogP contribution in [0, 0.1) is 73.9 Å². The van der Waals surface area contributed by atoms with E-state index in [-0.39, 0.29) is 11.6 Å². The van der Waals surface area contributed by atoms with Crippen molar-refractivity contribution in [2.45, 2.75) is 115 Å². The zero-order valence-corrected chi connectivity index (χ0v) is 64.6. The van der Waals surface area contributed by atoms with E-state index < -0.39 is 24.2 Å². The van der Waals surface area contributed by atoms with Gasteiger partial charge in [-0.25, -0.2) is 8.78 Å². The molecule has 0 unspecified atom stereocenters. The normalized spacial score (nSPS) is 12.3. The quantitative estimate of drug-likeness (QED) is 0.118. The highest BCUT2D eigenvalue weighted by Crippen LogP contribution is 2.43. The van der Waals surface area contributed by atoms with Gasteiger partial charge in [0.2, 0.25) is 33.6 Å². The maximum Gasteiger partial charge on any atom is 0.216 e. The number of pyridine rings is 3. The summed E-state index contributed by atoms with van der Waals surface area (Å²) in [5.41, 5.74) is 25.9. The molecule has 0 spiro atoms. The highest BCUT2D eigenvalue weighted by Gasteiger charge is 2.36. The molecule has 0 saturated heterocycles. The van der Waals surface area contributed by atoms with Gasteiger partial charge in [-0.15, -0.1) is 0 Å². The predicted molar refractivity (Wildman–Crippen MR) is 425 cm³/mol. The molecule has 0 saturated carbocycles. The van der Waals surface area contributed by atoms with Crippen molar-refractivity contribution in [3.63, 3.8) is 0 Å². The molecule has 6 aromatic heterocycles. The second-order valence-corrected chi connectivity index (χ2v) is 45.2. The van der Waals surface area contributed by atoms with Gasteiger partial charge in [-0.3, -0.25) is 0 Å². The zero-order valence-electron chi connectivity index (χ0n) is 61.6. The Morgan fingerprint density at radius 2 is 0.800 bits per heavy atom. The van der Waals surface area contributed by atoms with Gasteiger partial charge in [0.05, 0.1) is 32.8 Å². The first-order valence-corrected chi connectivity index (χ1v) is 44.9. The minimum atomic E-state index is -1.99. The standard InChI is InChI=1S/C32H30NOSi.C29H31FNOSi.C28H29FNOSi/c1-21-15-18-27-26(19-21)30(35(4,5)23-11-7-6-8-12-23)20-28(33(27)3)31-22(2)16-17-25-24-13-9-10-14-29(24)34-32(25)31;1-16-10-9-11-21-25(33(6,7)8)15-24(31(5)27(16)21)26-18(3)17(2)14-22-20-12-13-23(30)19(4)28(20)32-29(22)26;1-16-9-8-10-21-25(32(5,6)7)15-23(30(4)27(16)21)26-18(3)17(2)13-22-20-12-11-19(29)14-24(20)31-28(22)26/h6-20H,1-5H3;9-15H,1-8H3;8-15H,1-7H3/q3*+1. The van der Waals surface area contributed by atoms with Crippen LogP contribution >= 0.6 is 0 Å². The lowest BCUT2D eigenvalue weighted by molar-refractivity contribution is -0.633. The molecular formula is C89H90F2N3O3Si3+3. The van der Waals surface area contributed by atoms with Crippen molar-refractivity contribution < 1.29 is 35.7 Å². The molecule has 0 radical (unpaired) electrons. The summed E-state index contributed by atoms with van der Waals surface area (Å²) in [4.78, 5) is 0. The molecule has 6 heterocycles. The summed E-state index contributed by atoms with van der Waals surface area (Å²) in [5, 5.41) is 16.2. The number of fused-ring (bicyclic) bond motifs is 12. The third-order valence-electron chi connectivity index (χ3n) is 21.6. The lowest BCUT2D eigenvalue weighted by Gasteiger charge is -2.25. The molecule has 11 heteroatoms. The van der Waals surface area contributed by atoms with Crippen LogP contribution in [0.2, 0.25) is 52.4 Å². The number of para-hydroxylation sites is 3. The van der Waals surface area contributed by atoms with Crippen molar-refractivity contribution in [2.75, 3.05) is 0 Å². The monoisotopic (exact) mass is 1370 g/mol. The molecule has 0 aliphatic heterocycles. The fourth-order valence-corrected chi connectivity index (χ4v) is 21.7. The number of hydrogen-bond acceptors (Lipinski definition) is 3. The van der Waals surface area contributed by atoms with Gasteiger partial charge in [0.1, 0.15) is 74.3 Å². The third kappa shape index (κ3) is 11.2. The Morgan fingerprint density at radius 3 is 1.40 bits per heavy atom. The van der Waals surface area contributed by atoms with Crippen molar-refractivity contribution in [1.29, 1.82) is 0 Å². The van der Waals surface area contributed by atoms with Crippen molar-refractivity contribution in [1.82, 2.24) is 0 Å². The molecule has 0 N–H and O–H groups in total. The molecule has 0 bridgehead atoms. The number of nitrogens with zero attached hydrogens (tertiary/aromatic N) is 3. The molecule has 0 atom stereocenters. The molecule has 100 heavy (non-hydrogen) atoms. The van der Waals surface area contributed by atoms with Crippen molar-refractivity contribution >= 4 is 143 Å². The molecule has 0 fully saturated rings. The number of furan rings is 3. The SMILES string of the molecule is Cc1cc2c(oc3c(C)c(F)ccc32)c(-c2cc([Si](C)(C)C)c3cccc(C)c3[n+]2C)c1C.Cc1cc2c(oc3cc(F)ccc32)c(-c2cc([Si](C)(C)C)c3cccc(C)c3[n+]2C)c1C.Cc1ccc2c(c1)c([Si](C)(C)c1ccccc1)cc(-c1c(C)ccc3c1oc1ccccc13)[n+]2C. The van der Waals surface area contributed by atoms with Gasteiger partial charge < -0.3 is 13.3 Å². The molecule has 0 amide bonds. The third-order valence-corrected chi connectivity index (χ3v) is 29.2. The predicted octanol–water partition coefficient (Wildman–Crippen LogP) is 20.7. The van der Waals surface area contributed by atoms with Gasteiger partial charge in [-0.2, -0.15) is 13.7 Å². The van der Waals surface area contributed by atoms with E-state index in [9.17, 15) is 8.78 Å². The van der Waals surface area contributed by atoms with E-state index in [4.69, 9.17) is 13.3 Å². The van der Waals surface area contributed by atoms with Crippen LogP contribution in [0.15, 0.2) is 195 Å². The van der Waals surface area contributed by atoms with E-state index in [2.05, 4.69) is 288 Å². The first kappa shape index (κ1) is 67.5. The maximum absolute atomic E-state index is 14.4. The Morgan fingerprint density at radius 1 is 0.320 bits per heavy atom. The summed E-state index contributed by atoms with van der Waals surface area (Å²) >= 11 is 0. The Balaban J connectivity index is 0.000000128. The summed E-state index contributed by atoms with van der Waals surface area (Å²) < 4.78 is 54.6. The van der Waals surface area contributed by atoms with E-state index in [1.54, 1.807) is 13.0 Å². The van der Waals surface area contributed by atoms with E-state index in [1.807, 2.05) is 18.2 Å². The summed E-state index contributed by atoms with van der Waals surface area (Å²) in [7, 11) is 1.21. The van der Waals surface area contributed by atoms with Crippen LogP contribution < -0.4 is 34.4 Å². The van der Waals surface area contributed by atoms with Crippen LogP contribution in [-0.2, 0) is 21.1 Å². The molecule has 0 aliphatic rings. The van der Waals surface area contributed by atoms with Gasteiger partial charge in [-0.1, -0.05) is 154 Å². The number of rotatable bonds is 7. The molecule has 16 aromatic rings. The topological polar surface area (TPSA) is 51.1 Å². The number of halogens is 2. The first-order valence-electron chi connectivity index (χ1n) is 34.9. The summed E-state index contributed by atoms with van der Waals surface area (Å²) in [6, 6.07) is 63.7.